The van der Waals surface area contributed by atoms with Crippen molar-refractivity contribution in [2.24, 2.45) is 0 Å². The summed E-state index contributed by atoms with van der Waals surface area (Å²) >= 11 is 5.86. The number of ether oxygens (including phenoxy) is 1. The van der Waals surface area contributed by atoms with E-state index >= 15 is 0 Å². The third kappa shape index (κ3) is 3.80. The molecule has 3 N–H and O–H groups in total. The van der Waals surface area contributed by atoms with Crippen LogP contribution in [0.15, 0.2) is 42.5 Å². The van der Waals surface area contributed by atoms with Crippen LogP contribution in [0.25, 0.3) is 0 Å². The number of hydrogen-bond acceptors (Lipinski definition) is 3. The molecular formula is C15H17ClN2O. The summed E-state index contributed by atoms with van der Waals surface area (Å²) in [6.07, 6.45) is 0.902. The van der Waals surface area contributed by atoms with Crippen LogP contribution < -0.4 is 15.8 Å². The average molecular weight is 277 g/mol. The minimum atomic E-state index is 0.649. The molecule has 0 aliphatic rings. The Balaban J connectivity index is 1.92. The normalized spacial score (nSPS) is 10.2. The second-order valence-corrected chi connectivity index (χ2v) is 4.70. The molecule has 19 heavy (non-hydrogen) atoms. The van der Waals surface area contributed by atoms with Crippen molar-refractivity contribution in [3.05, 3.63) is 53.1 Å². The molecule has 2 aromatic rings. The molecule has 4 heteroatoms. The fourth-order valence-corrected chi connectivity index (χ4v) is 2.04. The van der Waals surface area contributed by atoms with Crippen LogP contribution in [0.1, 0.15) is 5.56 Å². The van der Waals surface area contributed by atoms with Gasteiger partial charge in [-0.3, -0.25) is 0 Å². The number of anilines is 2. The van der Waals surface area contributed by atoms with E-state index in [1.54, 1.807) is 13.2 Å². The second-order valence-electron chi connectivity index (χ2n) is 4.26. The van der Waals surface area contributed by atoms with Crippen LogP contribution in [-0.2, 0) is 6.42 Å². The van der Waals surface area contributed by atoms with Crippen molar-refractivity contribution in [2.45, 2.75) is 6.42 Å². The zero-order valence-electron chi connectivity index (χ0n) is 10.8. The molecule has 0 radical (unpaired) electrons. The Labute approximate surface area is 118 Å². The van der Waals surface area contributed by atoms with E-state index < -0.39 is 0 Å². The molecule has 0 aliphatic carbocycles. The summed E-state index contributed by atoms with van der Waals surface area (Å²) in [6.45, 7) is 0.805. The lowest BCUT2D eigenvalue weighted by atomic mass is 10.1. The maximum atomic E-state index is 5.88. The summed E-state index contributed by atoms with van der Waals surface area (Å²) in [5.74, 6) is 0.878. The summed E-state index contributed by atoms with van der Waals surface area (Å²) in [5, 5.41) is 3.95. The van der Waals surface area contributed by atoms with Gasteiger partial charge in [-0.1, -0.05) is 23.7 Å². The molecule has 0 fully saturated rings. The number of nitrogens with two attached hydrogens (primary N) is 1. The Hall–Kier alpha value is -1.87. The highest BCUT2D eigenvalue weighted by molar-refractivity contribution is 6.31. The van der Waals surface area contributed by atoms with Gasteiger partial charge >= 0.3 is 0 Å². The molecule has 0 aliphatic heterocycles. The van der Waals surface area contributed by atoms with Gasteiger partial charge in [0.2, 0.25) is 0 Å². The van der Waals surface area contributed by atoms with Gasteiger partial charge in [0.15, 0.2) is 0 Å². The molecule has 0 atom stereocenters. The van der Waals surface area contributed by atoms with Crippen molar-refractivity contribution >= 4 is 23.0 Å². The number of benzene rings is 2. The van der Waals surface area contributed by atoms with E-state index in [2.05, 4.69) is 11.4 Å². The van der Waals surface area contributed by atoms with Gasteiger partial charge in [0.05, 0.1) is 18.5 Å². The first kappa shape index (κ1) is 13.6. The van der Waals surface area contributed by atoms with E-state index in [9.17, 15) is 0 Å². The largest absolute Gasteiger partial charge is 0.497 e. The average Bonchev–Trinajstić information content (AvgIpc) is 2.41. The Morgan fingerprint density at radius 1 is 1.21 bits per heavy atom. The van der Waals surface area contributed by atoms with Crippen molar-refractivity contribution in [2.75, 3.05) is 24.7 Å². The molecule has 0 spiro atoms. The zero-order chi connectivity index (χ0) is 13.7. The molecule has 0 saturated heterocycles. The van der Waals surface area contributed by atoms with Gasteiger partial charge in [-0.15, -0.1) is 0 Å². The highest BCUT2D eigenvalue weighted by Crippen LogP contribution is 2.22. The minimum Gasteiger partial charge on any atom is -0.497 e. The fraction of sp³-hybridized carbons (Fsp3) is 0.200. The first-order valence-corrected chi connectivity index (χ1v) is 6.48. The Bertz CT molecular complexity index is 558. The fourth-order valence-electron chi connectivity index (χ4n) is 1.86. The molecule has 3 nitrogen and oxygen atoms in total. The van der Waals surface area contributed by atoms with Crippen molar-refractivity contribution in [1.29, 1.82) is 0 Å². The first-order chi connectivity index (χ1) is 9.19. The lowest BCUT2D eigenvalue weighted by Crippen LogP contribution is -2.06. The van der Waals surface area contributed by atoms with Crippen LogP contribution in [0.5, 0.6) is 5.75 Å². The molecule has 100 valence electrons. The predicted molar refractivity (Wildman–Crippen MR) is 81.1 cm³/mol. The number of nitrogens with one attached hydrogen (secondary N) is 1. The predicted octanol–water partition coefficient (Wildman–Crippen LogP) is 3.59. The van der Waals surface area contributed by atoms with Gasteiger partial charge in [-0.05, 0) is 42.3 Å². The quantitative estimate of drug-likeness (QED) is 0.821. The summed E-state index contributed by atoms with van der Waals surface area (Å²) in [4.78, 5) is 0. The van der Waals surface area contributed by atoms with Crippen molar-refractivity contribution in [3.8, 4) is 5.75 Å². The molecule has 2 rings (SSSR count). The van der Waals surface area contributed by atoms with E-state index in [4.69, 9.17) is 22.1 Å². The highest BCUT2D eigenvalue weighted by atomic mass is 35.5. The Morgan fingerprint density at radius 3 is 2.79 bits per heavy atom. The number of nitrogen functional groups attached to an aromatic ring is 1. The van der Waals surface area contributed by atoms with Crippen LogP contribution in [0, 0.1) is 0 Å². The Kier molecular flexibility index (Phi) is 4.53. The van der Waals surface area contributed by atoms with Crippen LogP contribution in [-0.4, -0.2) is 13.7 Å². The lowest BCUT2D eigenvalue weighted by molar-refractivity contribution is 0.414. The van der Waals surface area contributed by atoms with Gasteiger partial charge < -0.3 is 15.8 Å². The first-order valence-electron chi connectivity index (χ1n) is 6.11. The summed E-state index contributed by atoms with van der Waals surface area (Å²) in [7, 11) is 1.67. The summed E-state index contributed by atoms with van der Waals surface area (Å²) in [6, 6.07) is 13.5. The smallest absolute Gasteiger partial charge is 0.119 e. The van der Waals surface area contributed by atoms with Crippen LogP contribution in [0.2, 0.25) is 5.02 Å². The number of rotatable bonds is 5. The second kappa shape index (κ2) is 6.34. The number of methoxy groups -OCH3 is 1. The standard InChI is InChI=1S/C15H17ClN2O/c1-19-13-4-2-3-11(9-13)7-8-18-15-6-5-12(16)10-14(15)17/h2-6,9-10,18H,7-8,17H2,1H3. The van der Waals surface area contributed by atoms with Gasteiger partial charge in [0.25, 0.3) is 0 Å². The third-order valence-corrected chi connectivity index (χ3v) is 3.11. The van der Waals surface area contributed by atoms with E-state index in [1.807, 2.05) is 30.3 Å². The molecule has 0 bridgehead atoms. The molecule has 0 unspecified atom stereocenters. The molecule has 0 heterocycles. The monoisotopic (exact) mass is 276 g/mol. The molecule has 2 aromatic carbocycles. The lowest BCUT2D eigenvalue weighted by Gasteiger charge is -2.10. The van der Waals surface area contributed by atoms with Crippen molar-refractivity contribution in [1.82, 2.24) is 0 Å². The van der Waals surface area contributed by atoms with E-state index in [0.717, 1.165) is 24.4 Å². The van der Waals surface area contributed by atoms with Gasteiger partial charge in [0.1, 0.15) is 5.75 Å². The third-order valence-electron chi connectivity index (χ3n) is 2.88. The maximum absolute atomic E-state index is 5.88. The van der Waals surface area contributed by atoms with Gasteiger partial charge in [-0.2, -0.15) is 0 Å². The Morgan fingerprint density at radius 2 is 2.05 bits per heavy atom. The molecule has 0 saturated carbocycles. The van der Waals surface area contributed by atoms with Gasteiger partial charge in [-0.25, -0.2) is 0 Å². The summed E-state index contributed by atoms with van der Waals surface area (Å²) < 4.78 is 5.20. The molecular weight excluding hydrogens is 260 g/mol. The highest BCUT2D eigenvalue weighted by Gasteiger charge is 2.00. The minimum absolute atomic E-state index is 0.649. The number of hydrogen-bond donors (Lipinski definition) is 2. The van der Waals surface area contributed by atoms with Crippen LogP contribution >= 0.6 is 11.6 Å². The van der Waals surface area contributed by atoms with E-state index in [1.165, 1.54) is 5.56 Å². The van der Waals surface area contributed by atoms with Crippen LogP contribution in [0.4, 0.5) is 11.4 Å². The van der Waals surface area contributed by atoms with Crippen LogP contribution in [0.3, 0.4) is 0 Å². The van der Waals surface area contributed by atoms with E-state index in [0.29, 0.717) is 10.7 Å². The summed E-state index contributed by atoms with van der Waals surface area (Å²) in [5.41, 5.74) is 8.68. The molecule has 0 amide bonds. The van der Waals surface area contributed by atoms with Crippen molar-refractivity contribution < 1.29 is 4.74 Å². The maximum Gasteiger partial charge on any atom is 0.119 e. The van der Waals surface area contributed by atoms with Gasteiger partial charge in [0, 0.05) is 11.6 Å². The van der Waals surface area contributed by atoms with Crippen molar-refractivity contribution in [3.63, 3.8) is 0 Å². The van der Waals surface area contributed by atoms with E-state index in [-0.39, 0.29) is 0 Å². The number of halogens is 1. The topological polar surface area (TPSA) is 47.3 Å². The SMILES string of the molecule is COc1cccc(CCNc2ccc(Cl)cc2N)c1. The molecule has 0 aromatic heterocycles. The zero-order valence-corrected chi connectivity index (χ0v) is 11.6.